The summed E-state index contributed by atoms with van der Waals surface area (Å²) in [6.45, 7) is 0.560. The van der Waals surface area contributed by atoms with E-state index in [0.29, 0.717) is 26.9 Å². The molecule has 2 aromatic carbocycles. The summed E-state index contributed by atoms with van der Waals surface area (Å²) in [6.07, 6.45) is 0.771. The third kappa shape index (κ3) is 3.12. The van der Waals surface area contributed by atoms with Crippen LogP contribution in [0.4, 0.5) is 10.1 Å². The van der Waals surface area contributed by atoms with Crippen molar-refractivity contribution in [3.05, 3.63) is 56.2 Å². The zero-order valence-electron chi connectivity index (χ0n) is 10.8. The Hall–Kier alpha value is -0.970. The lowest BCUT2D eigenvalue weighted by Gasteiger charge is -2.28. The summed E-state index contributed by atoms with van der Waals surface area (Å²) in [5.41, 5.74) is 1.72. The van der Waals surface area contributed by atoms with Gasteiger partial charge < -0.3 is 10.1 Å². The van der Waals surface area contributed by atoms with Crippen molar-refractivity contribution in [2.45, 2.75) is 12.5 Å². The Morgan fingerprint density at radius 2 is 2.05 bits per heavy atom. The van der Waals surface area contributed by atoms with Gasteiger partial charge in [0, 0.05) is 27.2 Å². The molecule has 0 bridgehead atoms. The molecule has 0 saturated carbocycles. The van der Waals surface area contributed by atoms with Gasteiger partial charge in [-0.15, -0.1) is 0 Å². The van der Waals surface area contributed by atoms with Crippen molar-refractivity contribution in [1.29, 1.82) is 0 Å². The Balaban J connectivity index is 1.95. The maximum absolute atomic E-state index is 13.2. The van der Waals surface area contributed by atoms with Crippen LogP contribution in [0.15, 0.2) is 34.8 Å². The molecule has 2 aromatic rings. The summed E-state index contributed by atoms with van der Waals surface area (Å²) in [7, 11) is 0. The van der Waals surface area contributed by atoms with Crippen molar-refractivity contribution in [2.24, 2.45) is 0 Å². The van der Waals surface area contributed by atoms with Gasteiger partial charge in [0.25, 0.3) is 0 Å². The first-order chi connectivity index (χ1) is 10.0. The van der Waals surface area contributed by atoms with E-state index < -0.39 is 0 Å². The second kappa shape index (κ2) is 6.03. The molecule has 1 N–H and O–H groups in total. The number of nitrogens with one attached hydrogen (secondary N) is 1. The molecular weight excluding hydrogens is 380 g/mol. The molecule has 0 aromatic heterocycles. The average molecular weight is 391 g/mol. The molecule has 1 aliphatic rings. The minimum absolute atomic E-state index is 0.00621. The van der Waals surface area contributed by atoms with Gasteiger partial charge in [-0.05, 0) is 46.3 Å². The van der Waals surface area contributed by atoms with Crippen molar-refractivity contribution < 1.29 is 9.13 Å². The van der Waals surface area contributed by atoms with Crippen LogP contribution in [0, 0.1) is 5.82 Å². The molecule has 0 amide bonds. The second-order valence-electron chi connectivity index (χ2n) is 4.76. The van der Waals surface area contributed by atoms with Crippen molar-refractivity contribution in [1.82, 2.24) is 0 Å². The van der Waals surface area contributed by atoms with E-state index in [1.54, 1.807) is 12.1 Å². The standard InChI is InChI=1S/C15H11BrCl2FNO/c16-11-7-9(19)1-2-14(11)20-13-3-4-21-15-10(13)5-8(17)6-12(15)18/h1-2,5-7,13,20H,3-4H2. The fourth-order valence-corrected chi connectivity index (χ4v) is 3.40. The van der Waals surface area contributed by atoms with Crippen LogP contribution in [-0.4, -0.2) is 6.61 Å². The minimum Gasteiger partial charge on any atom is -0.492 e. The first-order valence-corrected chi connectivity index (χ1v) is 7.93. The minimum atomic E-state index is -0.286. The van der Waals surface area contributed by atoms with Crippen molar-refractivity contribution >= 4 is 44.8 Å². The molecule has 110 valence electrons. The predicted octanol–water partition coefficient (Wildman–Crippen LogP) is 5.83. The third-order valence-corrected chi connectivity index (χ3v) is 4.48. The summed E-state index contributed by atoms with van der Waals surface area (Å²) in [5, 5.41) is 4.44. The molecular formula is C15H11BrCl2FNO. The number of halogens is 4. The predicted molar refractivity (Wildman–Crippen MR) is 87.0 cm³/mol. The van der Waals surface area contributed by atoms with E-state index in [1.807, 2.05) is 6.07 Å². The van der Waals surface area contributed by atoms with Crippen molar-refractivity contribution in [2.75, 3.05) is 11.9 Å². The van der Waals surface area contributed by atoms with E-state index in [1.165, 1.54) is 12.1 Å². The molecule has 0 saturated heterocycles. The summed E-state index contributed by atoms with van der Waals surface area (Å²) in [6, 6.07) is 8.05. The van der Waals surface area contributed by atoms with Crippen molar-refractivity contribution in [3.8, 4) is 5.75 Å². The van der Waals surface area contributed by atoms with Crippen LogP contribution in [-0.2, 0) is 0 Å². The number of ether oxygens (including phenoxy) is 1. The van der Waals surface area contributed by atoms with Crippen LogP contribution in [0.5, 0.6) is 5.75 Å². The van der Waals surface area contributed by atoms with Crippen LogP contribution in [0.1, 0.15) is 18.0 Å². The largest absolute Gasteiger partial charge is 0.492 e. The zero-order valence-corrected chi connectivity index (χ0v) is 13.9. The van der Waals surface area contributed by atoms with Gasteiger partial charge in [-0.25, -0.2) is 4.39 Å². The molecule has 0 spiro atoms. The highest BCUT2D eigenvalue weighted by Crippen LogP contribution is 2.41. The molecule has 2 nitrogen and oxygen atoms in total. The van der Waals surface area contributed by atoms with Crippen LogP contribution in [0.25, 0.3) is 0 Å². The number of rotatable bonds is 2. The van der Waals surface area contributed by atoms with E-state index in [-0.39, 0.29) is 11.9 Å². The van der Waals surface area contributed by atoms with Crippen LogP contribution in [0.3, 0.4) is 0 Å². The molecule has 6 heteroatoms. The molecule has 21 heavy (non-hydrogen) atoms. The Morgan fingerprint density at radius 3 is 2.81 bits per heavy atom. The Bertz CT molecular complexity index is 696. The maximum Gasteiger partial charge on any atom is 0.143 e. The average Bonchev–Trinajstić information content (AvgIpc) is 2.42. The molecule has 3 rings (SSSR count). The van der Waals surface area contributed by atoms with E-state index in [9.17, 15) is 4.39 Å². The molecule has 0 aliphatic carbocycles. The molecule has 1 aliphatic heterocycles. The summed E-state index contributed by atoms with van der Waals surface area (Å²) >= 11 is 15.6. The highest BCUT2D eigenvalue weighted by atomic mass is 79.9. The van der Waals surface area contributed by atoms with E-state index in [4.69, 9.17) is 27.9 Å². The lowest BCUT2D eigenvalue weighted by atomic mass is 10.00. The SMILES string of the molecule is Fc1ccc(NC2CCOc3c(Cl)cc(Cl)cc32)c(Br)c1. The topological polar surface area (TPSA) is 21.3 Å². The van der Waals surface area contributed by atoms with Crippen LogP contribution < -0.4 is 10.1 Å². The fraction of sp³-hybridized carbons (Fsp3) is 0.200. The third-order valence-electron chi connectivity index (χ3n) is 3.33. The van der Waals surface area contributed by atoms with Gasteiger partial charge in [-0.1, -0.05) is 23.2 Å². The molecule has 1 heterocycles. The van der Waals surface area contributed by atoms with E-state index in [0.717, 1.165) is 17.7 Å². The normalized spacial score (nSPS) is 17.0. The fourth-order valence-electron chi connectivity index (χ4n) is 2.37. The summed E-state index contributed by atoms with van der Waals surface area (Å²) in [4.78, 5) is 0. The lowest BCUT2D eigenvalue weighted by Crippen LogP contribution is -2.21. The van der Waals surface area contributed by atoms with Gasteiger partial charge in [0.1, 0.15) is 11.6 Å². The van der Waals surface area contributed by atoms with Gasteiger partial charge in [-0.3, -0.25) is 0 Å². The molecule has 0 radical (unpaired) electrons. The summed E-state index contributed by atoms with van der Waals surface area (Å²) in [5.74, 6) is 0.369. The smallest absolute Gasteiger partial charge is 0.143 e. The second-order valence-corrected chi connectivity index (χ2v) is 6.46. The molecule has 0 fully saturated rings. The van der Waals surface area contributed by atoms with Gasteiger partial charge in [0.05, 0.1) is 17.7 Å². The van der Waals surface area contributed by atoms with Crippen LogP contribution >= 0.6 is 39.1 Å². The van der Waals surface area contributed by atoms with Gasteiger partial charge in [-0.2, -0.15) is 0 Å². The van der Waals surface area contributed by atoms with E-state index >= 15 is 0 Å². The highest BCUT2D eigenvalue weighted by molar-refractivity contribution is 9.10. The summed E-state index contributed by atoms with van der Waals surface area (Å²) < 4.78 is 19.5. The highest BCUT2D eigenvalue weighted by Gasteiger charge is 2.24. The number of anilines is 1. The first-order valence-electron chi connectivity index (χ1n) is 6.38. The van der Waals surface area contributed by atoms with Gasteiger partial charge >= 0.3 is 0 Å². The number of hydrogen-bond acceptors (Lipinski definition) is 2. The van der Waals surface area contributed by atoms with E-state index in [2.05, 4.69) is 21.2 Å². The monoisotopic (exact) mass is 389 g/mol. The Labute approximate surface area is 140 Å². The van der Waals surface area contributed by atoms with Gasteiger partial charge in [0.2, 0.25) is 0 Å². The number of benzene rings is 2. The Morgan fingerprint density at radius 1 is 1.24 bits per heavy atom. The quantitative estimate of drug-likeness (QED) is 0.696. The lowest BCUT2D eigenvalue weighted by molar-refractivity contribution is 0.274. The van der Waals surface area contributed by atoms with Gasteiger partial charge in [0.15, 0.2) is 0 Å². The Kier molecular flexibility index (Phi) is 4.29. The zero-order chi connectivity index (χ0) is 15.0. The maximum atomic E-state index is 13.2. The number of fused-ring (bicyclic) bond motifs is 1. The number of hydrogen-bond donors (Lipinski definition) is 1. The first kappa shape index (κ1) is 14.9. The molecule has 1 atom stereocenters. The molecule has 1 unspecified atom stereocenters. The van der Waals surface area contributed by atoms with Crippen molar-refractivity contribution in [3.63, 3.8) is 0 Å². The van der Waals surface area contributed by atoms with Crippen LogP contribution in [0.2, 0.25) is 10.0 Å².